The molecule has 16 heavy (non-hydrogen) atoms. The Labute approximate surface area is 95.4 Å². The molecular weight excluding hydrogens is 207 g/mol. The number of hydrogen-bond donors (Lipinski definition) is 0. The highest BCUT2D eigenvalue weighted by molar-refractivity contribution is 5.16. The maximum Gasteiger partial charge on any atom is 0.128 e. The molecule has 88 valence electrons. The molecule has 0 saturated heterocycles. The summed E-state index contributed by atoms with van der Waals surface area (Å²) in [6.45, 7) is 0.331. The first-order chi connectivity index (χ1) is 7.81. The molecule has 1 aliphatic rings. The van der Waals surface area contributed by atoms with Crippen molar-refractivity contribution in [3.63, 3.8) is 0 Å². The molecule has 0 aliphatic heterocycles. The van der Waals surface area contributed by atoms with Crippen molar-refractivity contribution in [2.45, 2.75) is 38.1 Å². The van der Waals surface area contributed by atoms with Crippen LogP contribution < -0.4 is 0 Å². The molecule has 2 nitrogen and oxygen atoms in total. The van der Waals surface area contributed by atoms with Crippen LogP contribution >= 0.6 is 0 Å². The third-order valence-electron chi connectivity index (χ3n) is 3.11. The van der Waals surface area contributed by atoms with E-state index in [2.05, 4.69) is 0 Å². The van der Waals surface area contributed by atoms with Gasteiger partial charge in [-0.1, -0.05) is 18.2 Å². The van der Waals surface area contributed by atoms with E-state index < -0.39 is 0 Å². The van der Waals surface area contributed by atoms with Crippen molar-refractivity contribution in [2.75, 3.05) is 7.11 Å². The lowest BCUT2D eigenvalue weighted by atomic mass is 10.2. The Hall–Kier alpha value is -0.930. The molecule has 3 heteroatoms. The van der Waals surface area contributed by atoms with E-state index in [0.29, 0.717) is 12.2 Å². The van der Waals surface area contributed by atoms with Crippen LogP contribution in [-0.2, 0) is 16.1 Å². The molecule has 2 atom stereocenters. The average molecular weight is 224 g/mol. The fraction of sp³-hybridized carbons (Fsp3) is 0.538. The van der Waals surface area contributed by atoms with Gasteiger partial charge in [-0.25, -0.2) is 4.39 Å². The minimum atomic E-state index is -0.200. The SMILES string of the molecule is COC1CCCC1OCc1ccccc1F. The van der Waals surface area contributed by atoms with Crippen LogP contribution in [0.25, 0.3) is 0 Å². The third-order valence-corrected chi connectivity index (χ3v) is 3.11. The van der Waals surface area contributed by atoms with Crippen molar-refractivity contribution >= 4 is 0 Å². The molecule has 0 heterocycles. The van der Waals surface area contributed by atoms with Crippen molar-refractivity contribution in [2.24, 2.45) is 0 Å². The van der Waals surface area contributed by atoms with E-state index in [9.17, 15) is 4.39 Å². The lowest BCUT2D eigenvalue weighted by Gasteiger charge is -2.18. The predicted octanol–water partition coefficient (Wildman–Crippen LogP) is 2.91. The van der Waals surface area contributed by atoms with Crippen LogP contribution in [0.1, 0.15) is 24.8 Å². The Morgan fingerprint density at radius 1 is 1.25 bits per heavy atom. The molecule has 0 aromatic heterocycles. The van der Waals surface area contributed by atoms with Gasteiger partial charge in [0.15, 0.2) is 0 Å². The number of ether oxygens (including phenoxy) is 2. The topological polar surface area (TPSA) is 18.5 Å². The van der Waals surface area contributed by atoms with Crippen LogP contribution in [0.3, 0.4) is 0 Å². The zero-order valence-electron chi connectivity index (χ0n) is 9.49. The van der Waals surface area contributed by atoms with Crippen molar-refractivity contribution < 1.29 is 13.9 Å². The lowest BCUT2D eigenvalue weighted by Crippen LogP contribution is -2.24. The first-order valence-corrected chi connectivity index (χ1v) is 5.69. The van der Waals surface area contributed by atoms with Gasteiger partial charge in [-0.2, -0.15) is 0 Å². The van der Waals surface area contributed by atoms with Crippen molar-refractivity contribution in [3.8, 4) is 0 Å². The average Bonchev–Trinajstić information content (AvgIpc) is 2.75. The van der Waals surface area contributed by atoms with Crippen LogP contribution in [0.15, 0.2) is 24.3 Å². The zero-order chi connectivity index (χ0) is 11.4. The molecule has 0 N–H and O–H groups in total. The third kappa shape index (κ3) is 2.60. The van der Waals surface area contributed by atoms with Gasteiger partial charge in [-0.15, -0.1) is 0 Å². The van der Waals surface area contributed by atoms with Gasteiger partial charge >= 0.3 is 0 Å². The molecule has 0 spiro atoms. The highest BCUT2D eigenvalue weighted by atomic mass is 19.1. The van der Waals surface area contributed by atoms with Gasteiger partial charge < -0.3 is 9.47 Å². The minimum absolute atomic E-state index is 0.115. The number of rotatable bonds is 4. The van der Waals surface area contributed by atoms with E-state index in [1.54, 1.807) is 19.2 Å². The van der Waals surface area contributed by atoms with Crippen LogP contribution in [0, 0.1) is 5.82 Å². The molecule has 2 unspecified atom stereocenters. The summed E-state index contributed by atoms with van der Waals surface area (Å²) in [5.74, 6) is -0.200. The Kier molecular flexibility index (Phi) is 3.91. The van der Waals surface area contributed by atoms with E-state index in [1.807, 2.05) is 6.07 Å². The van der Waals surface area contributed by atoms with Crippen molar-refractivity contribution in [1.82, 2.24) is 0 Å². The summed E-state index contributed by atoms with van der Waals surface area (Å²) in [5.41, 5.74) is 0.615. The molecule has 0 amide bonds. The standard InChI is InChI=1S/C13H17FO2/c1-15-12-7-4-8-13(12)16-9-10-5-2-3-6-11(10)14/h2-3,5-6,12-13H,4,7-9H2,1H3. The molecule has 1 aromatic carbocycles. The fourth-order valence-electron chi connectivity index (χ4n) is 2.16. The zero-order valence-corrected chi connectivity index (χ0v) is 9.49. The van der Waals surface area contributed by atoms with E-state index in [-0.39, 0.29) is 18.0 Å². The highest BCUT2D eigenvalue weighted by Crippen LogP contribution is 2.25. The highest BCUT2D eigenvalue weighted by Gasteiger charge is 2.27. The van der Waals surface area contributed by atoms with Crippen molar-refractivity contribution in [1.29, 1.82) is 0 Å². The Morgan fingerprint density at radius 3 is 2.75 bits per heavy atom. The summed E-state index contributed by atoms with van der Waals surface area (Å²) in [5, 5.41) is 0. The van der Waals surface area contributed by atoms with Gasteiger partial charge in [-0.05, 0) is 25.3 Å². The molecule has 0 bridgehead atoms. The maximum absolute atomic E-state index is 13.3. The first kappa shape index (κ1) is 11.6. The van der Waals surface area contributed by atoms with Gasteiger partial charge in [0, 0.05) is 12.7 Å². The van der Waals surface area contributed by atoms with Crippen molar-refractivity contribution in [3.05, 3.63) is 35.6 Å². The van der Waals surface area contributed by atoms with E-state index in [1.165, 1.54) is 6.07 Å². The predicted molar refractivity (Wildman–Crippen MR) is 59.6 cm³/mol. The fourth-order valence-corrected chi connectivity index (χ4v) is 2.16. The Balaban J connectivity index is 1.90. The summed E-state index contributed by atoms with van der Waals surface area (Å²) in [6.07, 6.45) is 3.46. The molecule has 0 radical (unpaired) electrons. The summed E-state index contributed by atoms with van der Waals surface area (Å²) >= 11 is 0. The quantitative estimate of drug-likeness (QED) is 0.783. The Morgan fingerprint density at radius 2 is 2.00 bits per heavy atom. The number of hydrogen-bond acceptors (Lipinski definition) is 2. The van der Waals surface area contributed by atoms with Crippen LogP contribution in [0.5, 0.6) is 0 Å². The monoisotopic (exact) mass is 224 g/mol. The summed E-state index contributed by atoms with van der Waals surface area (Å²) < 4.78 is 24.4. The summed E-state index contributed by atoms with van der Waals surface area (Å²) in [6, 6.07) is 6.73. The van der Waals surface area contributed by atoms with Gasteiger partial charge in [-0.3, -0.25) is 0 Å². The molecule has 1 aromatic rings. The molecule has 1 saturated carbocycles. The van der Waals surface area contributed by atoms with Gasteiger partial charge in [0.25, 0.3) is 0 Å². The lowest BCUT2D eigenvalue weighted by molar-refractivity contribution is -0.0463. The van der Waals surface area contributed by atoms with E-state index >= 15 is 0 Å². The smallest absolute Gasteiger partial charge is 0.128 e. The van der Waals surface area contributed by atoms with Gasteiger partial charge in [0.2, 0.25) is 0 Å². The molecular formula is C13H17FO2. The summed E-state index contributed by atoms with van der Waals surface area (Å²) in [7, 11) is 1.70. The summed E-state index contributed by atoms with van der Waals surface area (Å²) in [4.78, 5) is 0. The number of benzene rings is 1. The van der Waals surface area contributed by atoms with E-state index in [4.69, 9.17) is 9.47 Å². The van der Waals surface area contributed by atoms with Gasteiger partial charge in [0.1, 0.15) is 5.82 Å². The molecule has 2 rings (SSSR count). The molecule has 1 fully saturated rings. The number of halogens is 1. The second-order valence-corrected chi connectivity index (χ2v) is 4.15. The normalized spacial score (nSPS) is 24.9. The van der Waals surface area contributed by atoms with Crippen LogP contribution in [-0.4, -0.2) is 19.3 Å². The first-order valence-electron chi connectivity index (χ1n) is 5.69. The van der Waals surface area contributed by atoms with Crippen LogP contribution in [0.4, 0.5) is 4.39 Å². The largest absolute Gasteiger partial charge is 0.379 e. The maximum atomic E-state index is 13.3. The minimum Gasteiger partial charge on any atom is -0.379 e. The van der Waals surface area contributed by atoms with Crippen LogP contribution in [0.2, 0.25) is 0 Å². The van der Waals surface area contributed by atoms with E-state index in [0.717, 1.165) is 19.3 Å². The second kappa shape index (κ2) is 5.41. The Bertz CT molecular complexity index is 340. The molecule has 1 aliphatic carbocycles. The van der Waals surface area contributed by atoms with Gasteiger partial charge in [0.05, 0.1) is 18.8 Å². The number of methoxy groups -OCH3 is 1. The second-order valence-electron chi connectivity index (χ2n) is 4.15.